The summed E-state index contributed by atoms with van der Waals surface area (Å²) in [7, 11) is 2.12. The van der Waals surface area contributed by atoms with Gasteiger partial charge in [0.05, 0.1) is 6.04 Å². The molecule has 1 saturated heterocycles. The second-order valence-corrected chi connectivity index (χ2v) is 8.01. The topological polar surface area (TPSA) is 65.8 Å². The maximum absolute atomic E-state index is 12.8. The lowest BCUT2D eigenvalue weighted by atomic mass is 10.1. The molecule has 1 aliphatic heterocycles. The van der Waals surface area contributed by atoms with Gasteiger partial charge in [0.1, 0.15) is 11.5 Å². The molecule has 0 bridgehead atoms. The third kappa shape index (κ3) is 3.68. The number of hydrogen-bond donors (Lipinski definition) is 1. The van der Waals surface area contributed by atoms with Crippen molar-refractivity contribution in [1.29, 1.82) is 0 Å². The number of piperazine rings is 1. The minimum absolute atomic E-state index is 0.0133. The highest BCUT2D eigenvalue weighted by Crippen LogP contribution is 2.25. The molecule has 1 unspecified atom stereocenters. The first-order valence-corrected chi connectivity index (χ1v) is 10.0. The van der Waals surface area contributed by atoms with Crippen molar-refractivity contribution < 1.29 is 0 Å². The summed E-state index contributed by atoms with van der Waals surface area (Å²) in [5.41, 5.74) is 2.69. The Balaban J connectivity index is 1.77. The molecule has 0 radical (unpaired) electrons. The zero-order valence-corrected chi connectivity index (χ0v) is 16.7. The van der Waals surface area contributed by atoms with Crippen LogP contribution in [0, 0.1) is 6.92 Å². The highest BCUT2D eigenvalue weighted by Gasteiger charge is 2.19. The van der Waals surface area contributed by atoms with Crippen molar-refractivity contribution >= 4 is 27.9 Å². The number of anilines is 2. The lowest BCUT2D eigenvalue weighted by Gasteiger charge is -2.33. The molecular weight excluding hydrogens is 360 g/mol. The number of aryl methyl sites for hydroxylation is 1. The Morgan fingerprint density at radius 3 is 2.70 bits per heavy atom. The third-order valence-electron chi connectivity index (χ3n) is 4.98. The van der Waals surface area contributed by atoms with Crippen molar-refractivity contribution in [2.24, 2.45) is 0 Å². The molecule has 1 atom stereocenters. The molecule has 8 heteroatoms. The molecule has 7 nitrogen and oxygen atoms in total. The van der Waals surface area contributed by atoms with Crippen LogP contribution in [0.1, 0.15) is 24.1 Å². The van der Waals surface area contributed by atoms with Crippen molar-refractivity contribution in [1.82, 2.24) is 19.3 Å². The summed E-state index contributed by atoms with van der Waals surface area (Å²) in [6.07, 6.45) is 3.64. The molecule has 3 aromatic rings. The highest BCUT2D eigenvalue weighted by molar-refractivity contribution is 7.13. The normalized spacial score (nSPS) is 16.6. The van der Waals surface area contributed by atoms with E-state index >= 15 is 0 Å². The monoisotopic (exact) mass is 384 g/mol. The van der Waals surface area contributed by atoms with E-state index < -0.39 is 0 Å². The molecule has 4 heterocycles. The zero-order valence-electron chi connectivity index (χ0n) is 15.8. The molecule has 4 rings (SSSR count). The van der Waals surface area contributed by atoms with Crippen LogP contribution in [0.2, 0.25) is 0 Å². The summed E-state index contributed by atoms with van der Waals surface area (Å²) in [6.45, 7) is 7.79. The van der Waals surface area contributed by atoms with E-state index in [9.17, 15) is 4.79 Å². The molecule has 0 aromatic carbocycles. The van der Waals surface area contributed by atoms with Crippen molar-refractivity contribution in [3.8, 4) is 0 Å². The maximum Gasteiger partial charge on any atom is 0.259 e. The minimum atomic E-state index is -0.0414. The lowest BCUT2D eigenvalue weighted by Crippen LogP contribution is -2.45. The summed E-state index contributed by atoms with van der Waals surface area (Å²) in [5, 5.41) is 6.22. The van der Waals surface area contributed by atoms with E-state index in [1.807, 2.05) is 18.5 Å². The van der Waals surface area contributed by atoms with Gasteiger partial charge in [-0.15, -0.1) is 11.3 Å². The van der Waals surface area contributed by atoms with E-state index in [1.165, 1.54) is 0 Å². The largest absolute Gasteiger partial charge is 0.355 e. The van der Waals surface area contributed by atoms with Gasteiger partial charge in [0.2, 0.25) is 0 Å². The van der Waals surface area contributed by atoms with E-state index in [4.69, 9.17) is 4.98 Å². The molecule has 0 spiro atoms. The van der Waals surface area contributed by atoms with Crippen LogP contribution in [-0.2, 0) is 0 Å². The molecule has 0 saturated carbocycles. The Morgan fingerprint density at radius 1 is 1.22 bits per heavy atom. The predicted molar refractivity (Wildman–Crippen MR) is 110 cm³/mol. The molecule has 0 aliphatic carbocycles. The summed E-state index contributed by atoms with van der Waals surface area (Å²) < 4.78 is 1.66. The number of nitrogens with zero attached hydrogens (tertiary/aromatic N) is 5. The van der Waals surface area contributed by atoms with Crippen LogP contribution >= 0.6 is 11.3 Å². The van der Waals surface area contributed by atoms with E-state index in [-0.39, 0.29) is 11.6 Å². The fraction of sp³-hybridized carbons (Fsp3) is 0.421. The number of pyridine rings is 1. The third-order valence-corrected chi connectivity index (χ3v) is 5.68. The van der Waals surface area contributed by atoms with Gasteiger partial charge in [0.15, 0.2) is 5.13 Å². The number of likely N-dealkylation sites (N-methyl/N-ethyl adjacent to an activating group) is 1. The molecule has 27 heavy (non-hydrogen) atoms. The van der Waals surface area contributed by atoms with Gasteiger partial charge in [-0.2, -0.15) is 0 Å². The van der Waals surface area contributed by atoms with Crippen molar-refractivity contribution in [3.05, 3.63) is 51.4 Å². The molecule has 0 amide bonds. The first-order chi connectivity index (χ1) is 13.0. The molecule has 142 valence electrons. The summed E-state index contributed by atoms with van der Waals surface area (Å²) in [5.74, 6) is 0.764. The quantitative estimate of drug-likeness (QED) is 0.745. The van der Waals surface area contributed by atoms with Crippen molar-refractivity contribution in [3.63, 3.8) is 0 Å². The number of nitrogens with one attached hydrogen (secondary N) is 1. The zero-order chi connectivity index (χ0) is 19.0. The Labute approximate surface area is 162 Å². The average Bonchev–Trinajstić information content (AvgIpc) is 3.15. The van der Waals surface area contributed by atoms with Gasteiger partial charge in [-0.3, -0.25) is 9.20 Å². The average molecular weight is 385 g/mol. The Morgan fingerprint density at radius 2 is 2.00 bits per heavy atom. The van der Waals surface area contributed by atoms with Crippen LogP contribution in [0.3, 0.4) is 0 Å². The number of hydrogen-bond acceptors (Lipinski definition) is 7. The van der Waals surface area contributed by atoms with Gasteiger partial charge in [-0.05, 0) is 32.5 Å². The van der Waals surface area contributed by atoms with Crippen LogP contribution in [0.5, 0.6) is 0 Å². The van der Waals surface area contributed by atoms with E-state index in [1.54, 1.807) is 28.0 Å². The first kappa shape index (κ1) is 17.9. The summed E-state index contributed by atoms with van der Waals surface area (Å²) in [4.78, 5) is 26.5. The Hall–Kier alpha value is -2.45. The second kappa shape index (κ2) is 7.28. The summed E-state index contributed by atoms with van der Waals surface area (Å²) in [6, 6.07) is 3.74. The number of fused-ring (bicyclic) bond motifs is 1. The standard InChI is InChI=1S/C19H24N6OS/c1-13-10-15(14(2)21-19-20-4-9-27-19)18-22-16(11-17(26)25(18)12-13)24-7-5-23(3)6-8-24/h4,9-12,14H,5-8H2,1-3H3,(H,20,21). The van der Waals surface area contributed by atoms with Gasteiger partial charge < -0.3 is 15.1 Å². The van der Waals surface area contributed by atoms with Crippen molar-refractivity contribution in [2.45, 2.75) is 19.9 Å². The summed E-state index contributed by atoms with van der Waals surface area (Å²) >= 11 is 1.56. The van der Waals surface area contributed by atoms with Crippen LogP contribution in [-0.4, -0.2) is 52.5 Å². The smallest absolute Gasteiger partial charge is 0.259 e. The van der Waals surface area contributed by atoms with E-state index in [0.717, 1.165) is 48.3 Å². The lowest BCUT2D eigenvalue weighted by molar-refractivity contribution is 0.312. The van der Waals surface area contributed by atoms with E-state index in [2.05, 4.69) is 40.1 Å². The Bertz CT molecular complexity index is 991. The van der Waals surface area contributed by atoms with Crippen LogP contribution < -0.4 is 15.8 Å². The Kier molecular flexibility index (Phi) is 4.84. The number of aromatic nitrogens is 3. The fourth-order valence-electron chi connectivity index (χ4n) is 3.43. The van der Waals surface area contributed by atoms with Gasteiger partial charge in [-0.1, -0.05) is 0 Å². The second-order valence-electron chi connectivity index (χ2n) is 7.11. The molecule has 3 aromatic heterocycles. The van der Waals surface area contributed by atoms with Gasteiger partial charge in [0, 0.05) is 55.6 Å². The SMILES string of the molecule is Cc1cc(C(C)Nc2nccs2)c2nc(N3CCN(C)CC3)cc(=O)n2c1. The molecule has 1 aliphatic rings. The molecular formula is C19H24N6OS. The first-order valence-electron chi connectivity index (χ1n) is 9.15. The predicted octanol–water partition coefficient (Wildman–Crippen LogP) is 2.38. The van der Waals surface area contributed by atoms with E-state index in [0.29, 0.717) is 5.65 Å². The fourth-order valence-corrected chi connectivity index (χ4v) is 4.05. The number of rotatable bonds is 4. The van der Waals surface area contributed by atoms with Gasteiger partial charge in [-0.25, -0.2) is 9.97 Å². The van der Waals surface area contributed by atoms with Crippen LogP contribution in [0.4, 0.5) is 10.9 Å². The van der Waals surface area contributed by atoms with Gasteiger partial charge in [0.25, 0.3) is 5.56 Å². The number of thiazole rings is 1. The van der Waals surface area contributed by atoms with Gasteiger partial charge >= 0.3 is 0 Å². The molecule has 1 fully saturated rings. The molecule has 1 N–H and O–H groups in total. The maximum atomic E-state index is 12.8. The highest BCUT2D eigenvalue weighted by atomic mass is 32.1. The minimum Gasteiger partial charge on any atom is -0.355 e. The van der Waals surface area contributed by atoms with Crippen LogP contribution in [0.25, 0.3) is 5.65 Å². The van der Waals surface area contributed by atoms with Crippen molar-refractivity contribution in [2.75, 3.05) is 43.4 Å². The van der Waals surface area contributed by atoms with Crippen LogP contribution in [0.15, 0.2) is 34.7 Å².